The van der Waals surface area contributed by atoms with Crippen molar-refractivity contribution in [2.45, 2.75) is 20.8 Å². The topological polar surface area (TPSA) is 48.7 Å². The second-order valence-corrected chi connectivity index (χ2v) is 7.23. The lowest BCUT2D eigenvalue weighted by Gasteiger charge is -2.21. The van der Waals surface area contributed by atoms with Crippen LogP contribution >= 0.6 is 11.3 Å². The van der Waals surface area contributed by atoms with Gasteiger partial charge in [0.2, 0.25) is 0 Å². The van der Waals surface area contributed by atoms with E-state index in [1.54, 1.807) is 11.3 Å². The molecule has 1 aliphatic rings. The number of rotatable bonds is 3. The number of hydrogen-bond donors (Lipinski definition) is 0. The Kier molecular flexibility index (Phi) is 4.17. The smallest absolute Gasteiger partial charge is 0.308 e. The molecule has 0 saturated heterocycles. The summed E-state index contributed by atoms with van der Waals surface area (Å²) in [6.07, 6.45) is 0. The van der Waals surface area contributed by atoms with Crippen LogP contribution < -0.4 is 0 Å². The number of carbonyl (C=O) groups is 1. The molecule has 3 aromatic rings. The lowest BCUT2D eigenvalue weighted by molar-refractivity contribution is -0.136. The van der Waals surface area contributed by atoms with Gasteiger partial charge in [0.15, 0.2) is 11.5 Å². The molecule has 1 aliphatic heterocycles. The maximum Gasteiger partial charge on any atom is 0.308 e. The van der Waals surface area contributed by atoms with Gasteiger partial charge in [0.1, 0.15) is 17.9 Å². The monoisotopic (exact) mass is 366 g/mol. The van der Waals surface area contributed by atoms with Crippen molar-refractivity contribution < 1.29 is 18.7 Å². The molecule has 132 valence electrons. The summed E-state index contributed by atoms with van der Waals surface area (Å²) >= 11 is 1.71. The van der Waals surface area contributed by atoms with Crippen molar-refractivity contribution in [1.29, 1.82) is 0 Å². The molecule has 0 saturated carbocycles. The van der Waals surface area contributed by atoms with E-state index in [0.717, 1.165) is 27.7 Å². The quantitative estimate of drug-likeness (QED) is 0.553. The largest absolute Gasteiger partial charge is 0.485 e. The van der Waals surface area contributed by atoms with E-state index in [1.165, 1.54) is 11.8 Å². The van der Waals surface area contributed by atoms with E-state index in [9.17, 15) is 4.79 Å². The van der Waals surface area contributed by atoms with Crippen molar-refractivity contribution in [1.82, 2.24) is 0 Å². The number of carbonyl (C=O) groups excluding carboxylic acids is 1. The molecule has 0 aliphatic carbocycles. The molecule has 5 heteroatoms. The first-order chi connectivity index (χ1) is 12.5. The summed E-state index contributed by atoms with van der Waals surface area (Å²) in [6.45, 7) is 5.54. The third-order valence-electron chi connectivity index (χ3n) is 4.29. The van der Waals surface area contributed by atoms with Crippen LogP contribution in [0.2, 0.25) is 0 Å². The molecule has 0 atom stereocenters. The zero-order valence-corrected chi connectivity index (χ0v) is 15.6. The Morgan fingerprint density at radius 2 is 2.04 bits per heavy atom. The maximum atomic E-state index is 11.4. The van der Waals surface area contributed by atoms with Crippen molar-refractivity contribution in [2.24, 2.45) is 0 Å². The molecular weight excluding hydrogens is 348 g/mol. The van der Waals surface area contributed by atoms with Crippen molar-refractivity contribution >= 4 is 34.0 Å². The van der Waals surface area contributed by atoms with Gasteiger partial charge in [0.05, 0.1) is 0 Å². The molecule has 4 nitrogen and oxygen atoms in total. The molecule has 4 rings (SSSR count). The van der Waals surface area contributed by atoms with Crippen molar-refractivity contribution in [3.8, 4) is 10.4 Å². The van der Waals surface area contributed by atoms with Gasteiger partial charge in [-0.2, -0.15) is 0 Å². The molecular formula is C21H18O4S. The van der Waals surface area contributed by atoms with Gasteiger partial charge >= 0.3 is 5.97 Å². The van der Waals surface area contributed by atoms with Crippen LogP contribution in [0.5, 0.6) is 0 Å². The van der Waals surface area contributed by atoms with E-state index in [-0.39, 0.29) is 5.97 Å². The predicted molar refractivity (Wildman–Crippen MR) is 103 cm³/mol. The fourth-order valence-corrected chi connectivity index (χ4v) is 3.82. The van der Waals surface area contributed by atoms with Gasteiger partial charge in [-0.1, -0.05) is 6.07 Å². The van der Waals surface area contributed by atoms with Gasteiger partial charge in [-0.3, -0.25) is 4.79 Å². The van der Waals surface area contributed by atoms with Crippen LogP contribution in [0.15, 0.2) is 63.1 Å². The first kappa shape index (κ1) is 16.7. The predicted octanol–water partition coefficient (Wildman–Crippen LogP) is 5.76. The average molecular weight is 366 g/mol. The molecule has 2 aromatic heterocycles. The Morgan fingerprint density at radius 1 is 1.19 bits per heavy atom. The summed E-state index contributed by atoms with van der Waals surface area (Å²) in [5.74, 6) is 1.47. The van der Waals surface area contributed by atoms with Gasteiger partial charge in [0, 0.05) is 28.3 Å². The van der Waals surface area contributed by atoms with E-state index < -0.39 is 0 Å². The minimum Gasteiger partial charge on any atom is -0.485 e. The fourth-order valence-electron chi connectivity index (χ4n) is 3.09. The van der Waals surface area contributed by atoms with Crippen molar-refractivity contribution in [3.05, 3.63) is 64.4 Å². The van der Waals surface area contributed by atoms with Crippen LogP contribution in [-0.4, -0.2) is 12.6 Å². The molecule has 1 aromatic carbocycles. The Labute approximate surface area is 155 Å². The summed E-state index contributed by atoms with van der Waals surface area (Å²) in [4.78, 5) is 12.6. The van der Waals surface area contributed by atoms with E-state index in [2.05, 4.69) is 23.6 Å². The third kappa shape index (κ3) is 2.95. The van der Waals surface area contributed by atoms with Crippen molar-refractivity contribution in [2.75, 3.05) is 6.61 Å². The minimum atomic E-state index is -0.342. The third-order valence-corrected chi connectivity index (χ3v) is 5.21. The van der Waals surface area contributed by atoms with Crippen LogP contribution in [0, 0.1) is 0 Å². The summed E-state index contributed by atoms with van der Waals surface area (Å²) < 4.78 is 17.2. The summed E-state index contributed by atoms with van der Waals surface area (Å²) in [5, 5.41) is 3.07. The number of thiophene rings is 1. The van der Waals surface area contributed by atoms with Crippen LogP contribution in [0.4, 0.5) is 0 Å². The maximum absolute atomic E-state index is 11.4. The SMILES string of the molecule is CC(=O)OC1=C(C)COC(c2cc3cc(-c4cccs4)ccc3o2)=C1C. The lowest BCUT2D eigenvalue weighted by Crippen LogP contribution is -2.13. The van der Waals surface area contributed by atoms with Gasteiger partial charge in [-0.25, -0.2) is 0 Å². The lowest BCUT2D eigenvalue weighted by atomic mass is 10.1. The van der Waals surface area contributed by atoms with Gasteiger partial charge < -0.3 is 13.9 Å². The number of benzene rings is 1. The molecule has 0 spiro atoms. The summed E-state index contributed by atoms with van der Waals surface area (Å²) in [6, 6.07) is 12.3. The first-order valence-electron chi connectivity index (χ1n) is 8.33. The molecule has 0 bridgehead atoms. The molecule has 0 amide bonds. The minimum absolute atomic E-state index is 0.342. The van der Waals surface area contributed by atoms with Crippen LogP contribution in [0.1, 0.15) is 26.5 Å². The number of fused-ring (bicyclic) bond motifs is 1. The highest BCUT2D eigenvalue weighted by atomic mass is 32.1. The highest BCUT2D eigenvalue weighted by Gasteiger charge is 2.24. The van der Waals surface area contributed by atoms with Crippen LogP contribution in [0.3, 0.4) is 0 Å². The highest BCUT2D eigenvalue weighted by Crippen LogP contribution is 2.36. The molecule has 0 radical (unpaired) electrons. The van der Waals surface area contributed by atoms with Gasteiger partial charge in [-0.15, -0.1) is 11.3 Å². The second kappa shape index (κ2) is 6.50. The standard InChI is InChI=1S/C21H18O4S/c1-12-11-23-21(13(2)20(12)24-14(3)22)18-10-16-9-15(6-7-17(16)25-18)19-5-4-8-26-19/h4-10H,11H2,1-3H3. The van der Waals surface area contributed by atoms with E-state index in [4.69, 9.17) is 13.9 Å². The molecule has 3 heterocycles. The number of esters is 1. The van der Waals surface area contributed by atoms with E-state index in [0.29, 0.717) is 23.9 Å². The zero-order chi connectivity index (χ0) is 18.3. The Balaban J connectivity index is 1.76. The van der Waals surface area contributed by atoms with Crippen LogP contribution in [-0.2, 0) is 14.3 Å². The Hall–Kier alpha value is -2.79. The molecule has 0 N–H and O–H groups in total. The fraction of sp³-hybridized carbons (Fsp3) is 0.190. The zero-order valence-electron chi connectivity index (χ0n) is 14.8. The molecule has 26 heavy (non-hydrogen) atoms. The molecule has 0 unspecified atom stereocenters. The Morgan fingerprint density at radius 3 is 2.77 bits per heavy atom. The van der Waals surface area contributed by atoms with Gasteiger partial charge in [-0.05, 0) is 55.1 Å². The summed E-state index contributed by atoms with van der Waals surface area (Å²) in [5.41, 5.74) is 3.61. The second-order valence-electron chi connectivity index (χ2n) is 6.29. The average Bonchev–Trinajstić information content (AvgIpc) is 3.27. The number of allylic oxidation sites excluding steroid dienone is 1. The number of furan rings is 1. The normalized spacial score (nSPS) is 14.7. The first-order valence-corrected chi connectivity index (χ1v) is 9.21. The van der Waals surface area contributed by atoms with Crippen molar-refractivity contribution in [3.63, 3.8) is 0 Å². The number of ether oxygens (including phenoxy) is 2. The molecule has 0 fully saturated rings. The van der Waals surface area contributed by atoms with Crippen LogP contribution in [0.25, 0.3) is 27.2 Å². The summed E-state index contributed by atoms with van der Waals surface area (Å²) in [7, 11) is 0. The highest BCUT2D eigenvalue weighted by molar-refractivity contribution is 7.13. The van der Waals surface area contributed by atoms with E-state index >= 15 is 0 Å². The van der Waals surface area contributed by atoms with Gasteiger partial charge in [0.25, 0.3) is 0 Å². The number of hydrogen-bond acceptors (Lipinski definition) is 5. The Bertz CT molecular complexity index is 1050. The van der Waals surface area contributed by atoms with E-state index in [1.807, 2.05) is 32.0 Å².